The van der Waals surface area contributed by atoms with E-state index in [0.717, 1.165) is 16.5 Å². The minimum Gasteiger partial charge on any atom is -0.457 e. The lowest BCUT2D eigenvalue weighted by Gasteiger charge is -2.21. The lowest BCUT2D eigenvalue weighted by Crippen LogP contribution is -2.33. The number of aryl methyl sites for hydroxylation is 2. The third kappa shape index (κ3) is 5.79. The van der Waals surface area contributed by atoms with Crippen LogP contribution >= 0.6 is 0 Å². The molecule has 0 radical (unpaired) electrons. The monoisotopic (exact) mass is 398 g/mol. The molecule has 0 aliphatic rings. The van der Waals surface area contributed by atoms with E-state index in [-0.39, 0.29) is 12.6 Å². The zero-order valence-electron chi connectivity index (χ0n) is 17.3. The maximum absolute atomic E-state index is 12.5. The quantitative estimate of drug-likeness (QED) is 0.576. The fourth-order valence-corrected chi connectivity index (χ4v) is 2.37. The Morgan fingerprint density at radius 3 is 2.34 bits per heavy atom. The predicted octanol–water partition coefficient (Wildman–Crippen LogP) is 4.30. The summed E-state index contributed by atoms with van der Waals surface area (Å²) < 4.78 is 12.6. The predicted molar refractivity (Wildman–Crippen MR) is 110 cm³/mol. The number of hydrogen-bond donors (Lipinski definition) is 0. The summed E-state index contributed by atoms with van der Waals surface area (Å²) in [5.74, 6) is 1.16. The average Bonchev–Trinajstić information content (AvgIpc) is 3.07. The third-order valence-corrected chi connectivity index (χ3v) is 3.83. The van der Waals surface area contributed by atoms with Gasteiger partial charge in [0.1, 0.15) is 18.2 Å². The van der Waals surface area contributed by atoms with Crippen molar-refractivity contribution in [2.45, 2.75) is 27.4 Å². The minimum absolute atomic E-state index is 0.165. The van der Waals surface area contributed by atoms with Crippen LogP contribution in [0.3, 0.4) is 0 Å². The number of benzene rings is 2. The largest absolute Gasteiger partial charge is 0.457 e. The molecule has 0 bridgehead atoms. The number of aromatic nitrogens is 3. The molecule has 29 heavy (non-hydrogen) atoms. The number of carbonyl (C=O) groups excluding carboxylic acids is 1. The summed E-state index contributed by atoms with van der Waals surface area (Å²) in [5, 5.41) is 5.23. The molecule has 2 aromatic carbocycles. The highest BCUT2D eigenvalue weighted by Gasteiger charge is 2.21. The Morgan fingerprint density at radius 1 is 1.07 bits per heavy atom. The van der Waals surface area contributed by atoms with Gasteiger partial charge in [-0.25, -0.2) is 9.48 Å². The SMILES string of the molecule is CC.CON(C(=O)Oc1ccccc1)c1ccccc1COc1nc(C)n(C)n1. The fraction of sp³-hybridized carbons (Fsp3) is 0.286. The normalized spacial score (nSPS) is 9.97. The molecule has 0 spiro atoms. The van der Waals surface area contributed by atoms with Crippen molar-refractivity contribution in [3.8, 4) is 11.8 Å². The van der Waals surface area contributed by atoms with Gasteiger partial charge in [0.05, 0.1) is 12.8 Å². The summed E-state index contributed by atoms with van der Waals surface area (Å²) in [6, 6.07) is 16.3. The molecule has 154 valence electrons. The molecule has 8 nitrogen and oxygen atoms in total. The highest BCUT2D eigenvalue weighted by Crippen LogP contribution is 2.23. The Kier molecular flexibility index (Phi) is 8.17. The van der Waals surface area contributed by atoms with E-state index < -0.39 is 6.09 Å². The van der Waals surface area contributed by atoms with Gasteiger partial charge in [-0.05, 0) is 25.1 Å². The highest BCUT2D eigenvalue weighted by atomic mass is 16.7. The van der Waals surface area contributed by atoms with E-state index in [9.17, 15) is 4.79 Å². The molecule has 1 heterocycles. The van der Waals surface area contributed by atoms with Gasteiger partial charge >= 0.3 is 12.1 Å². The molecule has 0 saturated carbocycles. The summed E-state index contributed by atoms with van der Waals surface area (Å²) in [7, 11) is 3.18. The van der Waals surface area contributed by atoms with Crippen LogP contribution in [0.2, 0.25) is 0 Å². The number of amides is 1. The van der Waals surface area contributed by atoms with Crippen LogP contribution in [0.4, 0.5) is 10.5 Å². The molecule has 3 aromatic rings. The second-order valence-corrected chi connectivity index (χ2v) is 5.64. The Morgan fingerprint density at radius 2 is 1.72 bits per heavy atom. The molecule has 0 atom stereocenters. The van der Waals surface area contributed by atoms with Crippen LogP contribution < -0.4 is 14.5 Å². The first-order valence-corrected chi connectivity index (χ1v) is 9.28. The van der Waals surface area contributed by atoms with E-state index in [1.54, 1.807) is 48.1 Å². The number of hydrogen-bond acceptors (Lipinski definition) is 6. The van der Waals surface area contributed by atoms with Gasteiger partial charge in [-0.2, -0.15) is 10.0 Å². The average molecular weight is 398 g/mol. The maximum Gasteiger partial charge on any atom is 0.444 e. The zero-order chi connectivity index (χ0) is 21.2. The number of ether oxygens (including phenoxy) is 2. The van der Waals surface area contributed by atoms with E-state index in [4.69, 9.17) is 14.3 Å². The summed E-state index contributed by atoms with van der Waals surface area (Å²) in [5.41, 5.74) is 1.23. The Bertz CT molecular complexity index is 893. The first-order chi connectivity index (χ1) is 14.1. The lowest BCUT2D eigenvalue weighted by atomic mass is 10.2. The molecule has 0 saturated heterocycles. The zero-order valence-corrected chi connectivity index (χ0v) is 17.3. The van der Waals surface area contributed by atoms with Crippen LogP contribution in [0.25, 0.3) is 0 Å². The molecule has 1 amide bonds. The van der Waals surface area contributed by atoms with Crippen LogP contribution in [0, 0.1) is 6.92 Å². The first kappa shape index (κ1) is 21.9. The fourth-order valence-electron chi connectivity index (χ4n) is 2.37. The summed E-state index contributed by atoms with van der Waals surface area (Å²) in [6.07, 6.45) is -0.664. The lowest BCUT2D eigenvalue weighted by molar-refractivity contribution is 0.134. The van der Waals surface area contributed by atoms with Crippen molar-refractivity contribution in [1.82, 2.24) is 14.8 Å². The van der Waals surface area contributed by atoms with Crippen LogP contribution in [0.5, 0.6) is 11.8 Å². The molecule has 3 rings (SSSR count). The molecular weight excluding hydrogens is 372 g/mol. The number of carbonyl (C=O) groups is 1. The van der Waals surface area contributed by atoms with Gasteiger partial charge in [-0.15, -0.1) is 5.10 Å². The highest BCUT2D eigenvalue weighted by molar-refractivity contribution is 5.87. The molecule has 0 fully saturated rings. The van der Waals surface area contributed by atoms with Gasteiger partial charge in [0.25, 0.3) is 0 Å². The van der Waals surface area contributed by atoms with Gasteiger partial charge in [-0.3, -0.25) is 4.84 Å². The third-order valence-electron chi connectivity index (χ3n) is 3.83. The van der Waals surface area contributed by atoms with E-state index in [2.05, 4.69) is 10.1 Å². The van der Waals surface area contributed by atoms with Crippen molar-refractivity contribution in [1.29, 1.82) is 0 Å². The number of anilines is 1. The topological polar surface area (TPSA) is 78.7 Å². The van der Waals surface area contributed by atoms with E-state index in [0.29, 0.717) is 11.4 Å². The molecule has 0 unspecified atom stereocenters. The molecular formula is C21H26N4O4. The van der Waals surface area contributed by atoms with Crippen molar-refractivity contribution in [2.75, 3.05) is 12.2 Å². The second kappa shape index (κ2) is 10.8. The van der Waals surface area contributed by atoms with E-state index in [1.807, 2.05) is 39.0 Å². The molecule has 0 aliphatic carbocycles. The number of nitrogens with zero attached hydrogens (tertiary/aromatic N) is 4. The van der Waals surface area contributed by atoms with Crippen molar-refractivity contribution in [2.24, 2.45) is 7.05 Å². The Balaban J connectivity index is 0.00000145. The van der Waals surface area contributed by atoms with Crippen LogP contribution in [0.15, 0.2) is 54.6 Å². The van der Waals surface area contributed by atoms with E-state index >= 15 is 0 Å². The van der Waals surface area contributed by atoms with Gasteiger partial charge in [0, 0.05) is 12.6 Å². The van der Waals surface area contributed by atoms with Gasteiger partial charge in [0.2, 0.25) is 0 Å². The standard InChI is InChI=1S/C19H20N4O4.C2H6/c1-14-20-18(21-22(14)2)26-13-15-9-7-8-12-17(15)23(25-3)19(24)27-16-10-5-4-6-11-16;1-2/h4-12H,13H2,1-3H3;1-2H3. The maximum atomic E-state index is 12.5. The summed E-state index contributed by atoms with van der Waals surface area (Å²) >= 11 is 0. The van der Waals surface area contributed by atoms with E-state index in [1.165, 1.54) is 7.11 Å². The number of hydroxylamine groups is 1. The summed E-state index contributed by atoms with van der Waals surface area (Å²) in [4.78, 5) is 22.0. The van der Waals surface area contributed by atoms with Gasteiger partial charge < -0.3 is 9.47 Å². The summed E-state index contributed by atoms with van der Waals surface area (Å²) in [6.45, 7) is 6.00. The van der Waals surface area contributed by atoms with Crippen molar-refractivity contribution in [3.63, 3.8) is 0 Å². The molecule has 8 heteroatoms. The van der Waals surface area contributed by atoms with Crippen LogP contribution in [-0.2, 0) is 18.5 Å². The van der Waals surface area contributed by atoms with Crippen molar-refractivity contribution < 1.29 is 19.1 Å². The van der Waals surface area contributed by atoms with Crippen LogP contribution in [-0.4, -0.2) is 28.0 Å². The molecule has 0 aliphatic heterocycles. The van der Waals surface area contributed by atoms with Gasteiger partial charge in [-0.1, -0.05) is 50.2 Å². The van der Waals surface area contributed by atoms with Crippen molar-refractivity contribution in [3.05, 3.63) is 66.0 Å². The Labute approximate surface area is 170 Å². The van der Waals surface area contributed by atoms with Crippen molar-refractivity contribution >= 4 is 11.8 Å². The van der Waals surface area contributed by atoms with Crippen LogP contribution in [0.1, 0.15) is 25.2 Å². The number of rotatable bonds is 6. The Hall–Kier alpha value is -3.39. The molecule has 1 aromatic heterocycles. The molecule has 0 N–H and O–H groups in total. The van der Waals surface area contributed by atoms with Gasteiger partial charge in [0.15, 0.2) is 0 Å². The minimum atomic E-state index is -0.664. The number of para-hydroxylation sites is 2. The second-order valence-electron chi connectivity index (χ2n) is 5.64. The first-order valence-electron chi connectivity index (χ1n) is 9.28. The smallest absolute Gasteiger partial charge is 0.444 e.